The zero-order valence-corrected chi connectivity index (χ0v) is 14.0. The van der Waals surface area contributed by atoms with Crippen molar-refractivity contribution >= 4 is 27.7 Å². The molecule has 0 unspecified atom stereocenters. The molecule has 2 atom stereocenters. The first-order valence-corrected chi connectivity index (χ1v) is 8.70. The molecule has 2 rings (SSSR count). The van der Waals surface area contributed by atoms with E-state index in [2.05, 4.69) is 4.72 Å². The van der Waals surface area contributed by atoms with Gasteiger partial charge in [0.15, 0.2) is 0 Å². The molecule has 0 bridgehead atoms. The van der Waals surface area contributed by atoms with E-state index in [0.29, 0.717) is 6.42 Å². The van der Waals surface area contributed by atoms with Gasteiger partial charge in [0.2, 0.25) is 10.0 Å². The number of sulfonamides is 1. The molecule has 128 valence electrons. The minimum Gasteiger partial charge on any atom is -0.495 e. The Kier molecular flexibility index (Phi) is 5.35. The highest BCUT2D eigenvalue weighted by molar-refractivity contribution is 7.89. The summed E-state index contributed by atoms with van der Waals surface area (Å²) in [5.74, 6) is 0.158. The fourth-order valence-electron chi connectivity index (χ4n) is 2.60. The number of rotatable bonds is 5. The summed E-state index contributed by atoms with van der Waals surface area (Å²) in [4.78, 5) is 12.2. The predicted molar refractivity (Wildman–Crippen MR) is 84.3 cm³/mol. The number of amides is 1. The van der Waals surface area contributed by atoms with Crippen LogP contribution in [0.4, 0.5) is 4.79 Å². The highest BCUT2D eigenvalue weighted by Crippen LogP contribution is 2.28. The number of hydrogen-bond donors (Lipinski definition) is 3. The third kappa shape index (κ3) is 3.86. The van der Waals surface area contributed by atoms with Gasteiger partial charge in [-0.25, -0.2) is 17.9 Å². The Morgan fingerprint density at radius 1 is 1.57 bits per heavy atom. The number of nitrogens with two attached hydrogens (primary N) is 1. The van der Waals surface area contributed by atoms with E-state index in [-0.39, 0.29) is 28.8 Å². The molecule has 1 aromatic carbocycles. The predicted octanol–water partition coefficient (Wildman–Crippen LogP) is 0.707. The van der Waals surface area contributed by atoms with Crippen molar-refractivity contribution in [1.29, 1.82) is 0 Å². The average molecular weight is 364 g/mol. The summed E-state index contributed by atoms with van der Waals surface area (Å²) in [6.45, 7) is 0.171. The Morgan fingerprint density at radius 2 is 2.26 bits per heavy atom. The van der Waals surface area contributed by atoms with Crippen molar-refractivity contribution in [2.24, 2.45) is 5.73 Å². The van der Waals surface area contributed by atoms with Crippen molar-refractivity contribution in [3.05, 3.63) is 23.2 Å². The van der Waals surface area contributed by atoms with E-state index in [1.807, 2.05) is 0 Å². The number of nitrogens with zero attached hydrogens (tertiary/aromatic N) is 1. The summed E-state index contributed by atoms with van der Waals surface area (Å²) in [6.07, 6.45) is -0.812. The van der Waals surface area contributed by atoms with Crippen LogP contribution in [-0.4, -0.2) is 56.8 Å². The monoisotopic (exact) mass is 363 g/mol. The van der Waals surface area contributed by atoms with Crippen molar-refractivity contribution in [3.63, 3.8) is 0 Å². The van der Waals surface area contributed by atoms with Gasteiger partial charge in [-0.1, -0.05) is 11.6 Å². The Bertz CT molecular complexity index is 697. The number of ether oxygens (including phenoxy) is 1. The van der Waals surface area contributed by atoms with Crippen molar-refractivity contribution in [2.75, 3.05) is 20.2 Å². The second kappa shape index (κ2) is 6.91. The molecule has 1 aliphatic heterocycles. The zero-order chi connectivity index (χ0) is 17.2. The minimum absolute atomic E-state index is 0.0410. The van der Waals surface area contributed by atoms with Crippen LogP contribution in [0.1, 0.15) is 6.42 Å². The van der Waals surface area contributed by atoms with Crippen LogP contribution in [0.2, 0.25) is 5.02 Å². The number of hydrogen-bond acceptors (Lipinski definition) is 5. The largest absolute Gasteiger partial charge is 0.495 e. The topological polar surface area (TPSA) is 122 Å². The molecule has 1 aliphatic rings. The van der Waals surface area contributed by atoms with E-state index in [1.54, 1.807) is 0 Å². The number of halogens is 1. The third-order valence-electron chi connectivity index (χ3n) is 3.67. The van der Waals surface area contributed by atoms with Crippen LogP contribution in [-0.2, 0) is 10.0 Å². The Labute approximate surface area is 139 Å². The molecule has 1 saturated heterocycles. The fraction of sp³-hybridized carbons (Fsp3) is 0.462. The van der Waals surface area contributed by atoms with Crippen molar-refractivity contribution in [1.82, 2.24) is 9.62 Å². The quantitative estimate of drug-likeness (QED) is 0.708. The van der Waals surface area contributed by atoms with Gasteiger partial charge in [0.25, 0.3) is 0 Å². The van der Waals surface area contributed by atoms with E-state index in [9.17, 15) is 13.2 Å². The Balaban J connectivity index is 2.23. The lowest BCUT2D eigenvalue weighted by Gasteiger charge is -2.19. The van der Waals surface area contributed by atoms with Gasteiger partial charge in [-0.15, -0.1) is 0 Å². The van der Waals surface area contributed by atoms with Crippen molar-refractivity contribution in [3.8, 4) is 5.75 Å². The second-order valence-corrected chi connectivity index (χ2v) is 7.29. The van der Waals surface area contributed by atoms with E-state index in [1.165, 1.54) is 25.3 Å². The van der Waals surface area contributed by atoms with Crippen LogP contribution in [0.15, 0.2) is 23.1 Å². The number of methoxy groups -OCH3 is 1. The lowest BCUT2D eigenvalue weighted by Crippen LogP contribution is -2.40. The molecule has 10 heteroatoms. The molecule has 1 fully saturated rings. The number of nitrogens with one attached hydrogen (secondary N) is 1. The smallest absolute Gasteiger partial charge is 0.407 e. The molecular formula is C13H18ClN3O5S. The highest BCUT2D eigenvalue weighted by atomic mass is 35.5. The Morgan fingerprint density at radius 3 is 2.78 bits per heavy atom. The molecule has 4 N–H and O–H groups in total. The molecule has 8 nitrogen and oxygen atoms in total. The Hall–Kier alpha value is -1.55. The molecule has 0 aliphatic carbocycles. The third-order valence-corrected chi connectivity index (χ3v) is 5.45. The van der Waals surface area contributed by atoms with E-state index in [4.69, 9.17) is 27.2 Å². The first kappa shape index (κ1) is 17.8. The van der Waals surface area contributed by atoms with Crippen LogP contribution in [0.5, 0.6) is 5.75 Å². The van der Waals surface area contributed by atoms with Gasteiger partial charge in [0, 0.05) is 30.2 Å². The van der Waals surface area contributed by atoms with Gasteiger partial charge in [0.1, 0.15) is 10.6 Å². The number of likely N-dealkylation sites (tertiary alicyclic amines) is 1. The normalized spacial score (nSPS) is 21.4. The number of carbonyl (C=O) groups is 1. The van der Waals surface area contributed by atoms with Crippen LogP contribution in [0.25, 0.3) is 0 Å². The molecule has 1 amide bonds. The first-order chi connectivity index (χ1) is 10.8. The lowest BCUT2D eigenvalue weighted by molar-refractivity contribution is 0.141. The lowest BCUT2D eigenvalue weighted by atomic mass is 10.2. The highest BCUT2D eigenvalue weighted by Gasteiger charge is 2.37. The van der Waals surface area contributed by atoms with Crippen LogP contribution in [0, 0.1) is 0 Å². The van der Waals surface area contributed by atoms with Gasteiger partial charge >= 0.3 is 6.09 Å². The fourth-order valence-corrected chi connectivity index (χ4v) is 4.27. The first-order valence-electron chi connectivity index (χ1n) is 6.84. The summed E-state index contributed by atoms with van der Waals surface area (Å²) < 4.78 is 32.6. The van der Waals surface area contributed by atoms with Crippen LogP contribution in [0.3, 0.4) is 0 Å². The van der Waals surface area contributed by atoms with E-state index < -0.39 is 28.2 Å². The maximum Gasteiger partial charge on any atom is 0.407 e. The van der Waals surface area contributed by atoms with Gasteiger partial charge in [-0.2, -0.15) is 0 Å². The standard InChI is InChI=1S/C13H18ClN3O5S/c1-22-11-3-2-8(14)4-12(11)23(20,21)16-9-5-10(6-15)17(7-9)13(18)19/h2-4,9-10,16H,5-7,15H2,1H3,(H,18,19)/t9-,10-/m1/s1. The zero-order valence-electron chi connectivity index (χ0n) is 12.4. The number of benzene rings is 1. The molecule has 0 saturated carbocycles. The van der Waals surface area contributed by atoms with E-state index in [0.717, 1.165) is 4.90 Å². The molecule has 1 aromatic rings. The summed E-state index contributed by atoms with van der Waals surface area (Å²) in [7, 11) is -2.55. The van der Waals surface area contributed by atoms with Gasteiger partial charge in [-0.3, -0.25) is 0 Å². The molecule has 1 heterocycles. The maximum atomic E-state index is 12.5. The maximum absolute atomic E-state index is 12.5. The second-order valence-electron chi connectivity index (χ2n) is 5.17. The summed E-state index contributed by atoms with van der Waals surface area (Å²) in [5.41, 5.74) is 5.54. The minimum atomic E-state index is -3.91. The summed E-state index contributed by atoms with van der Waals surface area (Å²) in [6, 6.07) is 3.28. The van der Waals surface area contributed by atoms with Crippen molar-refractivity contribution in [2.45, 2.75) is 23.4 Å². The summed E-state index contributed by atoms with van der Waals surface area (Å²) in [5, 5.41) is 9.38. The number of carboxylic acid groups (broad SMARTS) is 1. The average Bonchev–Trinajstić information content (AvgIpc) is 2.89. The SMILES string of the molecule is COc1ccc(Cl)cc1S(=O)(=O)N[C@@H]1C[C@H](CN)N(C(=O)O)C1. The van der Waals surface area contributed by atoms with Gasteiger partial charge in [0.05, 0.1) is 7.11 Å². The van der Waals surface area contributed by atoms with Gasteiger partial charge in [-0.05, 0) is 24.6 Å². The van der Waals surface area contributed by atoms with Crippen LogP contribution >= 0.6 is 11.6 Å². The molecule has 0 aromatic heterocycles. The summed E-state index contributed by atoms with van der Waals surface area (Å²) >= 11 is 5.86. The molecular weight excluding hydrogens is 346 g/mol. The van der Waals surface area contributed by atoms with Crippen LogP contribution < -0.4 is 15.2 Å². The van der Waals surface area contributed by atoms with E-state index >= 15 is 0 Å². The molecule has 0 radical (unpaired) electrons. The molecule has 0 spiro atoms. The van der Waals surface area contributed by atoms with Gasteiger partial charge < -0.3 is 20.5 Å². The van der Waals surface area contributed by atoms with Crippen molar-refractivity contribution < 1.29 is 23.1 Å². The molecule has 23 heavy (non-hydrogen) atoms.